The molecule has 0 aliphatic carbocycles. The van der Waals surface area contributed by atoms with Crippen LogP contribution in [0.15, 0.2) is 64.6 Å². The van der Waals surface area contributed by atoms with Gasteiger partial charge in [0.05, 0.1) is 17.3 Å². The lowest BCUT2D eigenvalue weighted by Gasteiger charge is -2.35. The van der Waals surface area contributed by atoms with Crippen LogP contribution in [0.4, 0.5) is 0 Å². The van der Waals surface area contributed by atoms with Gasteiger partial charge in [0.1, 0.15) is 11.4 Å². The van der Waals surface area contributed by atoms with Crippen LogP contribution in [0.2, 0.25) is 0 Å². The molecule has 0 saturated carbocycles. The lowest BCUT2D eigenvalue weighted by Crippen LogP contribution is -2.52. The first kappa shape index (κ1) is 23.2. The lowest BCUT2D eigenvalue weighted by atomic mass is 10.3. The molecule has 2 heterocycles. The van der Waals surface area contributed by atoms with Gasteiger partial charge in [-0.1, -0.05) is 42.1 Å². The molecule has 4 rings (SSSR count). The highest BCUT2D eigenvalue weighted by Gasteiger charge is 2.32. The molecule has 0 unspecified atom stereocenters. The van der Waals surface area contributed by atoms with E-state index >= 15 is 0 Å². The molecule has 0 bridgehead atoms. The summed E-state index contributed by atoms with van der Waals surface area (Å²) in [7, 11) is -2.00. The van der Waals surface area contributed by atoms with Crippen molar-refractivity contribution in [3.8, 4) is 11.4 Å². The number of amides is 1. The van der Waals surface area contributed by atoms with Gasteiger partial charge in [-0.2, -0.15) is 8.99 Å². The number of sulfonamides is 1. The van der Waals surface area contributed by atoms with E-state index in [9.17, 15) is 13.2 Å². The summed E-state index contributed by atoms with van der Waals surface area (Å²) < 4.78 is 34.0. The zero-order valence-corrected chi connectivity index (χ0v) is 19.9. The van der Waals surface area contributed by atoms with Gasteiger partial charge in [0.15, 0.2) is 0 Å². The number of nitrogens with zero attached hydrogens (tertiary/aromatic N) is 6. The summed E-state index contributed by atoms with van der Waals surface area (Å²) in [6.07, 6.45) is 0. The van der Waals surface area contributed by atoms with Crippen molar-refractivity contribution in [3.63, 3.8) is 0 Å². The number of carbonyl (C=O) groups excluding carboxylic acids is 1. The summed E-state index contributed by atoms with van der Waals surface area (Å²) in [4.78, 5) is 15.0. The number of hydrogen-bond donors (Lipinski definition) is 0. The molecule has 1 fully saturated rings. The molecule has 12 heteroatoms. The quantitative estimate of drug-likeness (QED) is 0.462. The third kappa shape index (κ3) is 4.87. The first-order chi connectivity index (χ1) is 15.9. The highest BCUT2D eigenvalue weighted by molar-refractivity contribution is 8.00. The first-order valence-corrected chi connectivity index (χ1v) is 12.7. The molecule has 0 radical (unpaired) electrons. The molecule has 33 heavy (non-hydrogen) atoms. The van der Waals surface area contributed by atoms with E-state index in [4.69, 9.17) is 4.74 Å². The maximum atomic E-state index is 13.1. The summed E-state index contributed by atoms with van der Waals surface area (Å²) in [5, 5.41) is 11.9. The number of piperazine rings is 1. The minimum Gasteiger partial charge on any atom is -0.494 e. The van der Waals surface area contributed by atoms with Crippen LogP contribution in [0.5, 0.6) is 5.75 Å². The van der Waals surface area contributed by atoms with Gasteiger partial charge in [0.2, 0.25) is 21.1 Å². The van der Waals surface area contributed by atoms with E-state index in [0.29, 0.717) is 29.7 Å². The average molecular weight is 489 g/mol. The maximum Gasteiger partial charge on any atom is 0.243 e. The Morgan fingerprint density at radius 2 is 1.70 bits per heavy atom. The summed E-state index contributed by atoms with van der Waals surface area (Å²) in [6, 6.07) is 15.7. The van der Waals surface area contributed by atoms with Gasteiger partial charge >= 0.3 is 0 Å². The molecule has 0 spiro atoms. The Morgan fingerprint density at radius 3 is 2.39 bits per heavy atom. The molecule has 10 nitrogen and oxygen atoms in total. The van der Waals surface area contributed by atoms with E-state index in [1.54, 1.807) is 49.3 Å². The Labute approximate surface area is 196 Å². The second-order valence-electron chi connectivity index (χ2n) is 7.35. The van der Waals surface area contributed by atoms with E-state index < -0.39 is 15.3 Å². The summed E-state index contributed by atoms with van der Waals surface area (Å²) >= 11 is 1.24. The topological polar surface area (TPSA) is 111 Å². The molecule has 174 valence electrons. The molecular formula is C21H24N6O4S2. The van der Waals surface area contributed by atoms with Crippen molar-refractivity contribution in [1.29, 1.82) is 0 Å². The van der Waals surface area contributed by atoms with Crippen LogP contribution in [-0.4, -0.2) is 82.3 Å². The second-order valence-corrected chi connectivity index (χ2v) is 10.6. The van der Waals surface area contributed by atoms with Crippen LogP contribution in [0.25, 0.3) is 5.69 Å². The molecule has 1 amide bonds. The smallest absolute Gasteiger partial charge is 0.243 e. The van der Waals surface area contributed by atoms with Crippen LogP contribution in [-0.2, 0) is 14.8 Å². The lowest BCUT2D eigenvalue weighted by molar-refractivity contribution is -0.131. The predicted octanol–water partition coefficient (Wildman–Crippen LogP) is 1.68. The van der Waals surface area contributed by atoms with Crippen molar-refractivity contribution >= 4 is 27.7 Å². The van der Waals surface area contributed by atoms with Crippen LogP contribution in [0.1, 0.15) is 6.92 Å². The number of benzene rings is 2. The molecule has 1 aliphatic heterocycles. The fourth-order valence-corrected chi connectivity index (χ4v) is 5.89. The van der Waals surface area contributed by atoms with Gasteiger partial charge in [0, 0.05) is 26.2 Å². The monoisotopic (exact) mass is 488 g/mol. The minimum absolute atomic E-state index is 0.0914. The summed E-state index contributed by atoms with van der Waals surface area (Å²) in [5.74, 6) is 0.521. The van der Waals surface area contributed by atoms with Crippen molar-refractivity contribution in [2.45, 2.75) is 22.2 Å². The molecular weight excluding hydrogens is 464 g/mol. The number of aromatic nitrogens is 4. The van der Waals surface area contributed by atoms with Gasteiger partial charge < -0.3 is 9.64 Å². The molecule has 3 aromatic rings. The van der Waals surface area contributed by atoms with E-state index in [1.807, 2.05) is 24.3 Å². The number of carbonyl (C=O) groups is 1. The number of hydrogen-bond acceptors (Lipinski definition) is 8. The van der Waals surface area contributed by atoms with E-state index in [1.165, 1.54) is 20.7 Å². The Morgan fingerprint density at radius 1 is 1.03 bits per heavy atom. The SMILES string of the molecule is COc1ccccc1-n1nnnc1S[C@@H](C)C(=O)N1CCN(S(=O)(=O)c2ccccc2)CC1. The molecule has 0 N–H and O–H groups in total. The number of ether oxygens (including phenoxy) is 1. The molecule has 1 aromatic heterocycles. The van der Waals surface area contributed by atoms with Gasteiger partial charge in [0.25, 0.3) is 0 Å². The minimum atomic E-state index is -3.57. The van der Waals surface area contributed by atoms with Gasteiger partial charge in [-0.15, -0.1) is 5.10 Å². The van der Waals surface area contributed by atoms with Gasteiger partial charge in [-0.3, -0.25) is 4.79 Å². The largest absolute Gasteiger partial charge is 0.494 e. The van der Waals surface area contributed by atoms with Crippen LogP contribution in [0.3, 0.4) is 0 Å². The summed E-state index contributed by atoms with van der Waals surface area (Å²) in [5.41, 5.74) is 0.673. The Kier molecular flexibility index (Phi) is 6.96. The number of para-hydroxylation sites is 2. The molecule has 1 atom stereocenters. The fraction of sp³-hybridized carbons (Fsp3) is 0.333. The van der Waals surface area contributed by atoms with Crippen molar-refractivity contribution in [2.75, 3.05) is 33.3 Å². The standard InChI is InChI=1S/C21H24N6O4S2/c1-16(32-21-22-23-24-27(21)18-10-6-7-11-19(18)31-2)20(28)25-12-14-26(15-13-25)33(29,30)17-8-4-3-5-9-17/h3-11,16H,12-15H2,1-2H3/t16-/m0/s1. The fourth-order valence-electron chi connectivity index (χ4n) is 3.56. The van der Waals surface area contributed by atoms with Crippen molar-refractivity contribution in [1.82, 2.24) is 29.4 Å². The Balaban J connectivity index is 1.40. The normalized spacial score (nSPS) is 15.9. The van der Waals surface area contributed by atoms with E-state index in [2.05, 4.69) is 15.5 Å². The average Bonchev–Trinajstić information content (AvgIpc) is 3.32. The maximum absolute atomic E-state index is 13.1. The molecule has 1 saturated heterocycles. The van der Waals surface area contributed by atoms with Crippen molar-refractivity contribution < 1.29 is 17.9 Å². The third-order valence-electron chi connectivity index (χ3n) is 5.32. The van der Waals surface area contributed by atoms with Crippen molar-refractivity contribution in [3.05, 3.63) is 54.6 Å². The number of tetrazole rings is 1. The zero-order chi connectivity index (χ0) is 23.4. The van der Waals surface area contributed by atoms with E-state index in [-0.39, 0.29) is 23.9 Å². The predicted molar refractivity (Wildman–Crippen MR) is 123 cm³/mol. The first-order valence-electron chi connectivity index (χ1n) is 10.3. The summed E-state index contributed by atoms with van der Waals surface area (Å²) in [6.45, 7) is 2.94. The van der Waals surface area contributed by atoms with E-state index in [0.717, 1.165) is 0 Å². The number of thioether (sulfide) groups is 1. The number of rotatable bonds is 7. The second kappa shape index (κ2) is 9.89. The van der Waals surface area contributed by atoms with Crippen LogP contribution < -0.4 is 4.74 Å². The van der Waals surface area contributed by atoms with Gasteiger partial charge in [-0.05, 0) is 41.6 Å². The van der Waals surface area contributed by atoms with Crippen molar-refractivity contribution in [2.24, 2.45) is 0 Å². The van der Waals surface area contributed by atoms with Gasteiger partial charge in [-0.25, -0.2) is 8.42 Å². The Bertz CT molecular complexity index is 1210. The number of methoxy groups -OCH3 is 1. The zero-order valence-electron chi connectivity index (χ0n) is 18.2. The Hall–Kier alpha value is -2.96. The molecule has 1 aliphatic rings. The van der Waals surface area contributed by atoms with Crippen LogP contribution >= 0.6 is 11.8 Å². The highest BCUT2D eigenvalue weighted by atomic mass is 32.2. The molecule has 2 aromatic carbocycles. The highest BCUT2D eigenvalue weighted by Crippen LogP contribution is 2.28. The third-order valence-corrected chi connectivity index (χ3v) is 8.25. The van der Waals surface area contributed by atoms with Crippen LogP contribution in [0, 0.1) is 0 Å².